The Morgan fingerprint density at radius 3 is 2.48 bits per heavy atom. The maximum absolute atomic E-state index is 12.5. The van der Waals surface area contributed by atoms with Crippen LogP contribution >= 0.6 is 23.2 Å². The third-order valence-corrected chi connectivity index (χ3v) is 4.59. The Morgan fingerprint density at radius 2 is 1.88 bits per heavy atom. The zero-order chi connectivity index (χ0) is 17.8. The summed E-state index contributed by atoms with van der Waals surface area (Å²) >= 11 is 12.0. The van der Waals surface area contributed by atoms with Gasteiger partial charge in [0.1, 0.15) is 11.5 Å². The summed E-state index contributed by atoms with van der Waals surface area (Å²) < 4.78 is 11.2. The smallest absolute Gasteiger partial charge is 0.251 e. The normalized spacial score (nSPS) is 16.6. The Balaban J connectivity index is 1.72. The van der Waals surface area contributed by atoms with Crippen LogP contribution in [0.25, 0.3) is 0 Å². The molecule has 134 valence electrons. The molecule has 1 aromatic carbocycles. The molecule has 5 nitrogen and oxygen atoms in total. The number of nitrogens with one attached hydrogen (secondary N) is 1. The van der Waals surface area contributed by atoms with Crippen molar-refractivity contribution < 1.29 is 13.9 Å². The fourth-order valence-corrected chi connectivity index (χ4v) is 3.43. The number of ether oxygens (including phenoxy) is 1. The highest BCUT2D eigenvalue weighted by atomic mass is 35.5. The molecule has 7 heteroatoms. The van der Waals surface area contributed by atoms with Crippen LogP contribution in [0.1, 0.15) is 27.9 Å². The fourth-order valence-electron chi connectivity index (χ4n) is 2.91. The lowest BCUT2D eigenvalue weighted by molar-refractivity contribution is 0.0117. The van der Waals surface area contributed by atoms with Crippen LogP contribution in [0.5, 0.6) is 0 Å². The minimum absolute atomic E-state index is 0.0452. The van der Waals surface area contributed by atoms with Crippen molar-refractivity contribution in [3.05, 3.63) is 57.5 Å². The molecule has 1 fully saturated rings. The van der Waals surface area contributed by atoms with Crippen LogP contribution in [0.3, 0.4) is 0 Å². The second kappa shape index (κ2) is 8.23. The van der Waals surface area contributed by atoms with Crippen LogP contribution in [0.4, 0.5) is 0 Å². The Hall–Kier alpha value is -1.53. The standard InChI is InChI=1S/C18H20Cl2N2O3/c1-12-2-3-17(25-12)16(22-4-6-24-7-5-22)11-21-18(23)13-8-14(19)10-15(20)9-13/h2-3,8-10,16H,4-7,11H2,1H3,(H,21,23). The van der Waals surface area contributed by atoms with Gasteiger partial charge in [0.15, 0.2) is 0 Å². The number of rotatable bonds is 5. The Kier molecular flexibility index (Phi) is 6.02. The number of furan rings is 1. The van der Waals surface area contributed by atoms with Crippen LogP contribution in [0.15, 0.2) is 34.7 Å². The van der Waals surface area contributed by atoms with Crippen molar-refractivity contribution in [1.82, 2.24) is 10.2 Å². The molecule has 1 atom stereocenters. The molecule has 0 spiro atoms. The summed E-state index contributed by atoms with van der Waals surface area (Å²) in [7, 11) is 0. The van der Waals surface area contributed by atoms with E-state index in [1.807, 2.05) is 19.1 Å². The quantitative estimate of drug-likeness (QED) is 0.856. The number of amides is 1. The summed E-state index contributed by atoms with van der Waals surface area (Å²) in [6, 6.07) is 8.64. The van der Waals surface area contributed by atoms with Crippen molar-refractivity contribution in [2.75, 3.05) is 32.8 Å². The zero-order valence-corrected chi connectivity index (χ0v) is 15.4. The molecule has 1 aliphatic heterocycles. The average Bonchev–Trinajstić information content (AvgIpc) is 3.01. The minimum atomic E-state index is -0.217. The van der Waals surface area contributed by atoms with Gasteiger partial charge in [0.2, 0.25) is 0 Å². The lowest BCUT2D eigenvalue weighted by Crippen LogP contribution is -2.43. The molecule has 3 rings (SSSR count). The van der Waals surface area contributed by atoms with E-state index in [2.05, 4.69) is 10.2 Å². The third-order valence-electron chi connectivity index (χ3n) is 4.16. The highest BCUT2D eigenvalue weighted by Crippen LogP contribution is 2.24. The topological polar surface area (TPSA) is 54.7 Å². The first-order valence-corrected chi connectivity index (χ1v) is 8.91. The van der Waals surface area contributed by atoms with Gasteiger partial charge in [-0.25, -0.2) is 0 Å². The van der Waals surface area contributed by atoms with Crippen molar-refractivity contribution in [3.63, 3.8) is 0 Å². The largest absolute Gasteiger partial charge is 0.465 e. The average molecular weight is 383 g/mol. The molecule has 1 unspecified atom stereocenters. The van der Waals surface area contributed by atoms with E-state index in [9.17, 15) is 4.79 Å². The maximum Gasteiger partial charge on any atom is 0.251 e. The Bertz CT molecular complexity index is 721. The van der Waals surface area contributed by atoms with Crippen LogP contribution in [-0.4, -0.2) is 43.7 Å². The molecule has 0 saturated carbocycles. The molecule has 1 amide bonds. The number of aryl methyl sites for hydroxylation is 1. The number of hydrogen-bond donors (Lipinski definition) is 1. The third kappa shape index (κ3) is 4.76. The van der Waals surface area contributed by atoms with Gasteiger partial charge >= 0.3 is 0 Å². The molecule has 2 heterocycles. The number of carbonyl (C=O) groups is 1. The Morgan fingerprint density at radius 1 is 1.20 bits per heavy atom. The molecular formula is C18H20Cl2N2O3. The Labute approximate surface area is 156 Å². The number of carbonyl (C=O) groups excluding carboxylic acids is 1. The molecule has 1 aromatic heterocycles. The van der Waals surface area contributed by atoms with Crippen molar-refractivity contribution in [2.24, 2.45) is 0 Å². The van der Waals surface area contributed by atoms with Gasteiger partial charge in [-0.05, 0) is 37.3 Å². The summed E-state index contributed by atoms with van der Waals surface area (Å²) in [6.45, 7) is 5.27. The summed E-state index contributed by atoms with van der Waals surface area (Å²) in [5.74, 6) is 1.47. The lowest BCUT2D eigenvalue weighted by atomic mass is 10.1. The molecule has 25 heavy (non-hydrogen) atoms. The number of hydrogen-bond acceptors (Lipinski definition) is 4. The SMILES string of the molecule is Cc1ccc(C(CNC(=O)c2cc(Cl)cc(Cl)c2)N2CCOCC2)o1. The van der Waals surface area contributed by atoms with Crippen molar-refractivity contribution in [1.29, 1.82) is 0 Å². The number of benzene rings is 1. The zero-order valence-electron chi connectivity index (χ0n) is 13.9. The van der Waals surface area contributed by atoms with Crippen LogP contribution in [0.2, 0.25) is 10.0 Å². The van der Waals surface area contributed by atoms with Crippen LogP contribution in [-0.2, 0) is 4.74 Å². The van der Waals surface area contributed by atoms with Gasteiger partial charge in [0.25, 0.3) is 5.91 Å². The molecule has 0 bridgehead atoms. The van der Waals surface area contributed by atoms with E-state index in [1.54, 1.807) is 18.2 Å². The summed E-state index contributed by atoms with van der Waals surface area (Å²) in [5, 5.41) is 3.83. The van der Waals surface area contributed by atoms with E-state index in [0.717, 1.165) is 24.6 Å². The van der Waals surface area contributed by atoms with E-state index < -0.39 is 0 Å². The van der Waals surface area contributed by atoms with Gasteiger partial charge in [-0.15, -0.1) is 0 Å². The second-order valence-corrected chi connectivity index (χ2v) is 6.85. The van der Waals surface area contributed by atoms with E-state index in [1.165, 1.54) is 0 Å². The maximum atomic E-state index is 12.5. The fraction of sp³-hybridized carbons (Fsp3) is 0.389. The predicted octanol–water partition coefficient (Wildman–Crippen LogP) is 3.70. The van der Waals surface area contributed by atoms with Gasteiger partial charge < -0.3 is 14.5 Å². The van der Waals surface area contributed by atoms with Crippen molar-refractivity contribution >= 4 is 29.1 Å². The highest BCUT2D eigenvalue weighted by molar-refractivity contribution is 6.35. The minimum Gasteiger partial charge on any atom is -0.465 e. The monoisotopic (exact) mass is 382 g/mol. The van der Waals surface area contributed by atoms with E-state index >= 15 is 0 Å². The molecule has 1 aliphatic rings. The number of nitrogens with zero attached hydrogens (tertiary/aromatic N) is 1. The number of halogens is 2. The molecule has 2 aromatic rings. The predicted molar refractivity (Wildman–Crippen MR) is 97.4 cm³/mol. The summed E-state index contributed by atoms with van der Waals surface area (Å²) in [4.78, 5) is 14.7. The van der Waals surface area contributed by atoms with Crippen molar-refractivity contribution in [2.45, 2.75) is 13.0 Å². The highest BCUT2D eigenvalue weighted by Gasteiger charge is 2.26. The second-order valence-electron chi connectivity index (χ2n) is 5.98. The first kappa shape index (κ1) is 18.3. The van der Waals surface area contributed by atoms with Gasteiger partial charge in [0, 0.05) is 35.2 Å². The molecule has 1 N–H and O–H groups in total. The van der Waals surface area contributed by atoms with Crippen LogP contribution < -0.4 is 5.32 Å². The first-order valence-electron chi connectivity index (χ1n) is 8.15. The molecular weight excluding hydrogens is 363 g/mol. The van der Waals surface area contributed by atoms with Gasteiger partial charge in [-0.2, -0.15) is 0 Å². The van der Waals surface area contributed by atoms with Crippen LogP contribution in [0, 0.1) is 6.92 Å². The lowest BCUT2D eigenvalue weighted by Gasteiger charge is -2.33. The summed E-state index contributed by atoms with van der Waals surface area (Å²) in [6.07, 6.45) is 0. The van der Waals surface area contributed by atoms with E-state index in [-0.39, 0.29) is 11.9 Å². The first-order chi connectivity index (χ1) is 12.0. The molecule has 1 saturated heterocycles. The van der Waals surface area contributed by atoms with Gasteiger partial charge in [-0.1, -0.05) is 23.2 Å². The van der Waals surface area contributed by atoms with E-state index in [4.69, 9.17) is 32.4 Å². The van der Waals surface area contributed by atoms with Gasteiger partial charge in [-0.3, -0.25) is 9.69 Å². The van der Waals surface area contributed by atoms with E-state index in [0.29, 0.717) is 35.4 Å². The van der Waals surface area contributed by atoms with Crippen molar-refractivity contribution in [3.8, 4) is 0 Å². The number of morpholine rings is 1. The molecule has 0 aliphatic carbocycles. The van der Waals surface area contributed by atoms with Gasteiger partial charge in [0.05, 0.1) is 19.3 Å². The summed E-state index contributed by atoms with van der Waals surface area (Å²) in [5.41, 5.74) is 0.439. The molecule has 0 radical (unpaired) electrons.